The minimum atomic E-state index is -0.293. The van der Waals surface area contributed by atoms with Gasteiger partial charge in [-0.3, -0.25) is 0 Å². The number of allylic oxidation sites excluding steroid dienone is 2. The molecule has 24 heavy (non-hydrogen) atoms. The van der Waals surface area contributed by atoms with Crippen molar-refractivity contribution in [3.05, 3.63) is 65.5 Å². The summed E-state index contributed by atoms with van der Waals surface area (Å²) in [6, 6.07) is 6.07. The molecule has 0 bridgehead atoms. The second-order valence-corrected chi connectivity index (χ2v) is 5.64. The molecule has 4 rings (SSSR count). The number of benzene rings is 1. The zero-order valence-electron chi connectivity index (χ0n) is 12.5. The summed E-state index contributed by atoms with van der Waals surface area (Å²) in [5.74, 6) is 0.277. The van der Waals surface area contributed by atoms with Gasteiger partial charge in [-0.05, 0) is 53.7 Å². The van der Waals surface area contributed by atoms with Gasteiger partial charge >= 0.3 is 0 Å². The predicted octanol–water partition coefficient (Wildman–Crippen LogP) is 3.99. The first-order valence-electron chi connectivity index (χ1n) is 7.38. The fraction of sp³-hybridized carbons (Fsp3) is 0.0588. The molecule has 1 aliphatic heterocycles. The molecular formula is C17H13ClFN5. The van der Waals surface area contributed by atoms with Crippen molar-refractivity contribution in [3.8, 4) is 0 Å². The lowest BCUT2D eigenvalue weighted by Crippen LogP contribution is -2.08. The van der Waals surface area contributed by atoms with Gasteiger partial charge in [0.15, 0.2) is 0 Å². The minimum Gasteiger partial charge on any atom is -0.387 e. The molecule has 0 amide bonds. The lowest BCUT2D eigenvalue weighted by atomic mass is 10.0. The van der Waals surface area contributed by atoms with E-state index in [1.807, 2.05) is 18.5 Å². The van der Waals surface area contributed by atoms with Crippen LogP contribution in [-0.2, 0) is 0 Å². The molecule has 3 N–H and O–H groups in total. The van der Waals surface area contributed by atoms with Crippen molar-refractivity contribution in [2.75, 3.05) is 11.9 Å². The summed E-state index contributed by atoms with van der Waals surface area (Å²) in [6.07, 6.45) is 7.85. The summed E-state index contributed by atoms with van der Waals surface area (Å²) in [7, 11) is 0. The van der Waals surface area contributed by atoms with Gasteiger partial charge in [-0.15, -0.1) is 0 Å². The minimum absolute atomic E-state index is 0.135. The number of nitrogens with zero attached hydrogens (tertiary/aromatic N) is 2. The third-order valence-electron chi connectivity index (χ3n) is 3.74. The Balaban J connectivity index is 1.84. The summed E-state index contributed by atoms with van der Waals surface area (Å²) in [5, 5.41) is 7.28. The number of hydrogen-bond donors (Lipinski definition) is 3. The quantitative estimate of drug-likeness (QED) is 0.630. The average molecular weight is 342 g/mol. The molecule has 120 valence electrons. The smallest absolute Gasteiger partial charge is 0.226 e. The molecule has 0 atom stereocenters. The number of nitrogens with one attached hydrogen (secondary N) is 3. The molecule has 5 nitrogen and oxygen atoms in total. The lowest BCUT2D eigenvalue weighted by Gasteiger charge is -2.11. The van der Waals surface area contributed by atoms with E-state index in [-0.39, 0.29) is 11.1 Å². The van der Waals surface area contributed by atoms with Crippen LogP contribution in [0.4, 0.5) is 15.9 Å². The summed E-state index contributed by atoms with van der Waals surface area (Å²) in [6.45, 7) is 0.758. The number of aromatic nitrogens is 3. The van der Waals surface area contributed by atoms with Crippen LogP contribution in [0.2, 0.25) is 5.28 Å². The van der Waals surface area contributed by atoms with Crippen molar-refractivity contribution in [2.45, 2.75) is 0 Å². The van der Waals surface area contributed by atoms with E-state index in [0.29, 0.717) is 11.5 Å². The molecule has 3 heterocycles. The highest BCUT2D eigenvalue weighted by molar-refractivity contribution is 6.29. The third-order valence-corrected chi connectivity index (χ3v) is 3.91. The van der Waals surface area contributed by atoms with Gasteiger partial charge in [-0.25, -0.2) is 4.39 Å². The molecule has 0 radical (unpaired) electrons. The second kappa shape index (κ2) is 5.98. The first kappa shape index (κ1) is 14.7. The van der Waals surface area contributed by atoms with Crippen LogP contribution in [0.15, 0.2) is 48.8 Å². The largest absolute Gasteiger partial charge is 0.387 e. The Kier molecular flexibility index (Phi) is 3.66. The topological polar surface area (TPSA) is 65.6 Å². The number of fused-ring (bicyclic) bond motifs is 1. The molecule has 0 saturated carbocycles. The SMILES string of the molecule is Fc1ccc(Nc2nc(Cl)nc3[nH]cc(C4=CCNC=C4)c23)cc1. The number of halogens is 2. The van der Waals surface area contributed by atoms with Crippen LogP contribution in [-0.4, -0.2) is 21.5 Å². The van der Waals surface area contributed by atoms with Gasteiger partial charge in [0.2, 0.25) is 5.28 Å². The van der Waals surface area contributed by atoms with Crippen molar-refractivity contribution in [3.63, 3.8) is 0 Å². The van der Waals surface area contributed by atoms with E-state index in [2.05, 4.69) is 31.7 Å². The van der Waals surface area contributed by atoms with Crippen molar-refractivity contribution in [1.29, 1.82) is 0 Å². The fourth-order valence-corrected chi connectivity index (χ4v) is 2.82. The molecule has 0 fully saturated rings. The lowest BCUT2D eigenvalue weighted by molar-refractivity contribution is 0.628. The Morgan fingerprint density at radius 2 is 2.00 bits per heavy atom. The monoisotopic (exact) mass is 341 g/mol. The molecule has 1 aliphatic rings. The van der Waals surface area contributed by atoms with Crippen molar-refractivity contribution in [1.82, 2.24) is 20.3 Å². The highest BCUT2D eigenvalue weighted by Crippen LogP contribution is 2.32. The van der Waals surface area contributed by atoms with Crippen LogP contribution in [0.25, 0.3) is 16.6 Å². The van der Waals surface area contributed by atoms with Gasteiger partial charge < -0.3 is 15.6 Å². The molecule has 0 unspecified atom stereocenters. The number of rotatable bonds is 3. The van der Waals surface area contributed by atoms with Crippen LogP contribution in [0.3, 0.4) is 0 Å². The maximum atomic E-state index is 13.1. The van der Waals surface area contributed by atoms with E-state index in [1.54, 1.807) is 12.1 Å². The van der Waals surface area contributed by atoms with Crippen molar-refractivity contribution in [2.24, 2.45) is 0 Å². The maximum Gasteiger partial charge on any atom is 0.226 e. The molecule has 0 spiro atoms. The highest BCUT2D eigenvalue weighted by Gasteiger charge is 2.16. The molecular weight excluding hydrogens is 329 g/mol. The molecule has 0 aliphatic carbocycles. The Morgan fingerprint density at radius 1 is 1.17 bits per heavy atom. The Morgan fingerprint density at radius 3 is 2.75 bits per heavy atom. The van der Waals surface area contributed by atoms with E-state index < -0.39 is 0 Å². The number of hydrogen-bond acceptors (Lipinski definition) is 4. The van der Waals surface area contributed by atoms with Crippen molar-refractivity contribution >= 4 is 39.7 Å². The van der Waals surface area contributed by atoms with Gasteiger partial charge in [0.1, 0.15) is 17.3 Å². The standard InChI is InChI=1S/C17H13ClFN5/c18-17-23-15-14(13(9-21-15)10-5-7-20-8-6-10)16(24-17)22-12-3-1-11(19)2-4-12/h1-7,9,20H,8H2,(H2,21,22,23,24). The zero-order chi connectivity index (χ0) is 16.5. The molecule has 2 aromatic heterocycles. The third kappa shape index (κ3) is 2.72. The summed E-state index contributed by atoms with van der Waals surface area (Å²) >= 11 is 6.03. The van der Waals surface area contributed by atoms with Crippen molar-refractivity contribution < 1.29 is 4.39 Å². The Labute approximate surface area is 142 Å². The number of anilines is 2. The first-order valence-corrected chi connectivity index (χ1v) is 7.76. The maximum absolute atomic E-state index is 13.1. The van der Waals surface area contributed by atoms with Gasteiger partial charge in [0.25, 0.3) is 0 Å². The van der Waals surface area contributed by atoms with Gasteiger partial charge in [-0.2, -0.15) is 9.97 Å². The van der Waals surface area contributed by atoms with E-state index in [4.69, 9.17) is 11.6 Å². The summed E-state index contributed by atoms with van der Waals surface area (Å²) in [5.41, 5.74) is 3.40. The second-order valence-electron chi connectivity index (χ2n) is 5.30. The summed E-state index contributed by atoms with van der Waals surface area (Å²) < 4.78 is 13.1. The van der Waals surface area contributed by atoms with Gasteiger partial charge in [0, 0.05) is 24.0 Å². The van der Waals surface area contributed by atoms with Gasteiger partial charge in [-0.1, -0.05) is 6.08 Å². The number of H-pyrrole nitrogens is 1. The molecule has 7 heteroatoms. The van der Waals surface area contributed by atoms with E-state index >= 15 is 0 Å². The summed E-state index contributed by atoms with van der Waals surface area (Å²) in [4.78, 5) is 11.7. The van der Waals surface area contributed by atoms with Crippen LogP contribution in [0.5, 0.6) is 0 Å². The zero-order valence-corrected chi connectivity index (χ0v) is 13.2. The normalized spacial score (nSPS) is 13.7. The molecule has 1 aromatic carbocycles. The van der Waals surface area contributed by atoms with Gasteiger partial charge in [0.05, 0.1) is 5.39 Å². The fourth-order valence-electron chi connectivity index (χ4n) is 2.65. The highest BCUT2D eigenvalue weighted by atomic mass is 35.5. The molecule has 3 aromatic rings. The van der Waals surface area contributed by atoms with E-state index in [9.17, 15) is 4.39 Å². The Hall–Kier alpha value is -2.86. The van der Waals surface area contributed by atoms with Crippen LogP contribution in [0.1, 0.15) is 5.56 Å². The first-order chi connectivity index (χ1) is 11.7. The van der Waals surface area contributed by atoms with E-state index in [1.165, 1.54) is 12.1 Å². The number of aromatic amines is 1. The van der Waals surface area contributed by atoms with Crippen LogP contribution >= 0.6 is 11.6 Å². The van der Waals surface area contributed by atoms with Crippen LogP contribution < -0.4 is 10.6 Å². The van der Waals surface area contributed by atoms with Crippen LogP contribution in [0, 0.1) is 5.82 Å². The Bertz CT molecular complexity index is 959. The molecule has 0 saturated heterocycles. The van der Waals surface area contributed by atoms with E-state index in [0.717, 1.165) is 28.8 Å². The number of dihydropyridines is 1. The average Bonchev–Trinajstić information content (AvgIpc) is 3.01. The predicted molar refractivity (Wildman–Crippen MR) is 93.7 cm³/mol.